The Balaban J connectivity index is 2.01. The third-order valence-corrected chi connectivity index (χ3v) is 4.17. The van der Waals surface area contributed by atoms with Crippen LogP contribution in [0.1, 0.15) is 21.5 Å². The van der Waals surface area contributed by atoms with E-state index < -0.39 is 23.2 Å². The molecule has 0 saturated carbocycles. The molecule has 0 aliphatic rings. The molecule has 2 heterocycles. The van der Waals surface area contributed by atoms with Crippen LogP contribution in [0, 0.1) is 11.3 Å². The number of hydrogen-bond acceptors (Lipinski definition) is 6. The normalized spacial score (nSPS) is 10.8. The SMILES string of the molecule is COc1cc(C#N)ccc1Oc1ncc(C(F)(F)F)cc1C(=O)Nc1ccc[n+](OC)c1. The van der Waals surface area contributed by atoms with Gasteiger partial charge in [-0.1, -0.05) is 0 Å². The van der Waals surface area contributed by atoms with Crippen LogP contribution in [0.4, 0.5) is 18.9 Å². The molecule has 0 spiro atoms. The van der Waals surface area contributed by atoms with Gasteiger partial charge in [0.1, 0.15) is 18.4 Å². The number of benzene rings is 1. The summed E-state index contributed by atoms with van der Waals surface area (Å²) < 4.78 is 51.8. The van der Waals surface area contributed by atoms with Crippen LogP contribution in [0.5, 0.6) is 17.4 Å². The number of nitriles is 1. The summed E-state index contributed by atoms with van der Waals surface area (Å²) in [6.07, 6.45) is -1.18. The summed E-state index contributed by atoms with van der Waals surface area (Å²) in [6, 6.07) is 9.86. The molecule has 11 heteroatoms. The number of methoxy groups -OCH3 is 1. The number of hydrogen-bond donors (Lipinski definition) is 1. The van der Waals surface area contributed by atoms with Crippen LogP contribution in [0.2, 0.25) is 0 Å². The lowest BCUT2D eigenvalue weighted by molar-refractivity contribution is -0.885. The van der Waals surface area contributed by atoms with Crippen LogP contribution in [0.25, 0.3) is 0 Å². The molecular weight excluding hydrogens is 429 g/mol. The lowest BCUT2D eigenvalue weighted by Gasteiger charge is -2.14. The molecule has 3 rings (SSSR count). The smallest absolute Gasteiger partial charge is 0.417 e. The van der Waals surface area contributed by atoms with Crippen molar-refractivity contribution in [2.24, 2.45) is 0 Å². The second-order valence-corrected chi connectivity index (χ2v) is 6.24. The van der Waals surface area contributed by atoms with E-state index in [9.17, 15) is 18.0 Å². The van der Waals surface area contributed by atoms with Gasteiger partial charge in [-0.05, 0) is 24.3 Å². The zero-order valence-electron chi connectivity index (χ0n) is 16.8. The van der Waals surface area contributed by atoms with Crippen LogP contribution in [-0.4, -0.2) is 25.1 Å². The average Bonchev–Trinajstić information content (AvgIpc) is 2.78. The maximum Gasteiger partial charge on any atom is 0.417 e. The van der Waals surface area contributed by atoms with E-state index >= 15 is 0 Å². The fraction of sp³-hybridized carbons (Fsp3) is 0.143. The molecule has 0 aliphatic heterocycles. The molecule has 0 saturated heterocycles. The highest BCUT2D eigenvalue weighted by atomic mass is 19.4. The minimum absolute atomic E-state index is 0.0599. The van der Waals surface area contributed by atoms with Gasteiger partial charge in [0.05, 0.1) is 24.3 Å². The molecular formula is C21H16F3N4O4+. The third kappa shape index (κ3) is 5.04. The number of anilines is 1. The third-order valence-electron chi connectivity index (χ3n) is 4.17. The summed E-state index contributed by atoms with van der Waals surface area (Å²) in [7, 11) is 2.73. The van der Waals surface area contributed by atoms with Gasteiger partial charge < -0.3 is 14.8 Å². The summed E-state index contributed by atoms with van der Waals surface area (Å²) in [5.74, 6) is -1.07. The Morgan fingerprint density at radius 3 is 2.62 bits per heavy atom. The van der Waals surface area contributed by atoms with Crippen molar-refractivity contribution < 1.29 is 37.0 Å². The van der Waals surface area contributed by atoms with Crippen LogP contribution in [0.15, 0.2) is 55.0 Å². The van der Waals surface area contributed by atoms with Crippen LogP contribution in [-0.2, 0) is 6.18 Å². The molecule has 32 heavy (non-hydrogen) atoms. The first-order valence-corrected chi connectivity index (χ1v) is 8.95. The van der Waals surface area contributed by atoms with Crippen molar-refractivity contribution in [1.82, 2.24) is 4.98 Å². The molecule has 2 aromatic heterocycles. The number of ether oxygens (including phenoxy) is 2. The van der Waals surface area contributed by atoms with Gasteiger partial charge >= 0.3 is 6.18 Å². The highest BCUT2D eigenvalue weighted by Gasteiger charge is 2.33. The minimum Gasteiger partial charge on any atom is -0.493 e. The maximum absolute atomic E-state index is 13.2. The summed E-state index contributed by atoms with van der Waals surface area (Å²) in [5, 5.41) is 11.5. The second-order valence-electron chi connectivity index (χ2n) is 6.24. The molecule has 0 radical (unpaired) electrons. The fourth-order valence-electron chi connectivity index (χ4n) is 2.62. The first-order valence-electron chi connectivity index (χ1n) is 8.95. The molecule has 3 aromatic rings. The Morgan fingerprint density at radius 2 is 1.97 bits per heavy atom. The van der Waals surface area contributed by atoms with Crippen molar-refractivity contribution in [3.63, 3.8) is 0 Å². The van der Waals surface area contributed by atoms with Gasteiger partial charge in [-0.2, -0.15) is 18.4 Å². The largest absolute Gasteiger partial charge is 0.493 e. The van der Waals surface area contributed by atoms with Crippen molar-refractivity contribution >= 4 is 11.6 Å². The zero-order valence-corrected chi connectivity index (χ0v) is 16.8. The molecule has 1 aromatic carbocycles. The highest BCUT2D eigenvalue weighted by molar-refractivity contribution is 6.05. The molecule has 1 N–H and O–H groups in total. The predicted octanol–water partition coefficient (Wildman–Crippen LogP) is 3.37. The van der Waals surface area contributed by atoms with Crippen molar-refractivity contribution in [2.75, 3.05) is 19.5 Å². The molecule has 8 nitrogen and oxygen atoms in total. The fourth-order valence-corrected chi connectivity index (χ4v) is 2.62. The first-order chi connectivity index (χ1) is 15.2. The number of nitrogens with zero attached hydrogens (tertiary/aromatic N) is 3. The number of halogens is 3. The number of amides is 1. The van der Waals surface area contributed by atoms with Gasteiger partial charge in [0.25, 0.3) is 5.91 Å². The Bertz CT molecular complexity index is 1190. The quantitative estimate of drug-likeness (QED) is 0.585. The molecule has 0 unspecified atom stereocenters. The van der Waals surface area contributed by atoms with Gasteiger partial charge in [-0.25, -0.2) is 4.98 Å². The van der Waals surface area contributed by atoms with E-state index in [0.717, 1.165) is 0 Å². The van der Waals surface area contributed by atoms with Crippen LogP contribution in [0.3, 0.4) is 0 Å². The standard InChI is InChI=1S/C21H15F3N4O4/c1-30-18-8-13(10-25)5-6-17(18)32-20-16(9-14(11-26-20)21(22,23)24)19(29)27-15-4-3-7-28(12-15)31-2/h3-9,11-12H,1-2H3/p+1. The lowest BCUT2D eigenvalue weighted by Crippen LogP contribution is -2.39. The summed E-state index contributed by atoms with van der Waals surface area (Å²) in [4.78, 5) is 21.5. The molecule has 0 atom stereocenters. The van der Waals surface area contributed by atoms with Gasteiger partial charge in [0.2, 0.25) is 18.3 Å². The second kappa shape index (κ2) is 9.22. The minimum atomic E-state index is -4.72. The van der Waals surface area contributed by atoms with Crippen molar-refractivity contribution in [3.05, 3.63) is 71.7 Å². The van der Waals surface area contributed by atoms with Crippen LogP contribution >= 0.6 is 0 Å². The van der Waals surface area contributed by atoms with Gasteiger partial charge in [-0.15, -0.1) is 0 Å². The average molecular weight is 445 g/mol. The number of alkyl halides is 3. The first kappa shape index (κ1) is 22.4. The monoisotopic (exact) mass is 445 g/mol. The Hall–Kier alpha value is -4.33. The lowest BCUT2D eigenvalue weighted by atomic mass is 10.1. The van der Waals surface area contributed by atoms with E-state index in [0.29, 0.717) is 12.3 Å². The van der Waals surface area contributed by atoms with Crippen molar-refractivity contribution in [3.8, 4) is 23.4 Å². The van der Waals surface area contributed by atoms with Gasteiger partial charge in [-0.3, -0.25) is 9.63 Å². The maximum atomic E-state index is 13.2. The Labute approximate surface area is 180 Å². The number of rotatable bonds is 6. The predicted molar refractivity (Wildman–Crippen MR) is 104 cm³/mol. The van der Waals surface area contributed by atoms with Crippen LogP contribution < -0.4 is 24.4 Å². The molecule has 0 bridgehead atoms. The Morgan fingerprint density at radius 1 is 1.19 bits per heavy atom. The van der Waals surface area contributed by atoms with E-state index in [-0.39, 0.29) is 28.6 Å². The number of pyridine rings is 2. The zero-order chi connectivity index (χ0) is 23.3. The number of carbonyl (C=O) groups excluding carboxylic acids is 1. The van der Waals surface area contributed by atoms with E-state index in [1.165, 1.54) is 49.4 Å². The van der Waals surface area contributed by atoms with E-state index in [1.807, 2.05) is 6.07 Å². The van der Waals surface area contributed by atoms with Gasteiger partial charge in [0.15, 0.2) is 11.5 Å². The van der Waals surface area contributed by atoms with Gasteiger partial charge in [0, 0.05) is 23.1 Å². The topological polar surface area (TPSA) is 97.4 Å². The molecule has 0 fully saturated rings. The molecule has 1 amide bonds. The van der Waals surface area contributed by atoms with E-state index in [2.05, 4.69) is 10.3 Å². The summed E-state index contributed by atoms with van der Waals surface area (Å²) in [6.45, 7) is 0. The van der Waals surface area contributed by atoms with Crippen molar-refractivity contribution in [2.45, 2.75) is 6.18 Å². The highest BCUT2D eigenvalue weighted by Crippen LogP contribution is 2.36. The summed E-state index contributed by atoms with van der Waals surface area (Å²) >= 11 is 0. The van der Waals surface area contributed by atoms with E-state index in [1.54, 1.807) is 12.3 Å². The van der Waals surface area contributed by atoms with Crippen molar-refractivity contribution in [1.29, 1.82) is 5.26 Å². The number of aromatic nitrogens is 2. The summed E-state index contributed by atoms with van der Waals surface area (Å²) in [5.41, 5.74) is -1.04. The van der Waals surface area contributed by atoms with E-state index in [4.69, 9.17) is 19.6 Å². The Kier molecular flexibility index (Phi) is 6.44. The number of nitrogens with one attached hydrogen (secondary N) is 1. The molecule has 164 valence electrons. The molecule has 0 aliphatic carbocycles. The number of carbonyl (C=O) groups is 1.